The van der Waals surface area contributed by atoms with Crippen molar-refractivity contribution in [3.05, 3.63) is 48.0 Å². The van der Waals surface area contributed by atoms with Gasteiger partial charge >= 0.3 is 0 Å². The maximum absolute atomic E-state index is 3.60. The SMILES string of the molecule is C=CC#Cc1ccc(C2CCC(C)CC2)cc1. The van der Waals surface area contributed by atoms with Gasteiger partial charge in [-0.3, -0.25) is 0 Å². The van der Waals surface area contributed by atoms with Crippen LogP contribution in [0.3, 0.4) is 0 Å². The Balaban J connectivity index is 2.05. The van der Waals surface area contributed by atoms with Gasteiger partial charge in [0.1, 0.15) is 0 Å². The number of hydrogen-bond donors (Lipinski definition) is 0. The molecular weight excluding hydrogens is 204 g/mol. The first-order chi connectivity index (χ1) is 8.29. The first-order valence-corrected chi connectivity index (χ1v) is 6.52. The average molecular weight is 224 g/mol. The molecule has 1 aliphatic carbocycles. The summed E-state index contributed by atoms with van der Waals surface area (Å²) in [6, 6.07) is 8.75. The predicted molar refractivity (Wildman–Crippen MR) is 73.9 cm³/mol. The standard InChI is InChI=1S/C17H20/c1-3-4-5-15-8-12-17(13-9-15)16-10-6-14(2)7-11-16/h3,8-9,12-14,16H,1,6-7,10-11H2,2H3. The molecule has 1 saturated carbocycles. The Morgan fingerprint density at radius 1 is 1.12 bits per heavy atom. The maximum Gasteiger partial charge on any atom is 0.0249 e. The van der Waals surface area contributed by atoms with E-state index in [-0.39, 0.29) is 0 Å². The minimum atomic E-state index is 0.771. The molecule has 0 saturated heterocycles. The fraction of sp³-hybridized carbons (Fsp3) is 0.412. The summed E-state index contributed by atoms with van der Waals surface area (Å²) in [7, 11) is 0. The average Bonchev–Trinajstić information content (AvgIpc) is 2.38. The van der Waals surface area contributed by atoms with Crippen molar-refractivity contribution in [2.24, 2.45) is 5.92 Å². The monoisotopic (exact) mass is 224 g/mol. The summed E-state index contributed by atoms with van der Waals surface area (Å²) in [6.45, 7) is 5.97. The van der Waals surface area contributed by atoms with Crippen LogP contribution in [0.4, 0.5) is 0 Å². The van der Waals surface area contributed by atoms with Gasteiger partial charge in [0.25, 0.3) is 0 Å². The zero-order valence-electron chi connectivity index (χ0n) is 10.6. The fourth-order valence-electron chi connectivity index (χ4n) is 2.57. The van der Waals surface area contributed by atoms with Crippen molar-refractivity contribution < 1.29 is 0 Å². The van der Waals surface area contributed by atoms with Crippen LogP contribution >= 0.6 is 0 Å². The van der Waals surface area contributed by atoms with Gasteiger partial charge < -0.3 is 0 Å². The lowest BCUT2D eigenvalue weighted by Crippen LogP contribution is -2.10. The van der Waals surface area contributed by atoms with Crippen molar-refractivity contribution in [2.45, 2.75) is 38.5 Å². The topological polar surface area (TPSA) is 0 Å². The van der Waals surface area contributed by atoms with Crippen LogP contribution in [-0.2, 0) is 0 Å². The van der Waals surface area contributed by atoms with Crippen LogP contribution in [0.15, 0.2) is 36.9 Å². The van der Waals surface area contributed by atoms with E-state index in [1.165, 1.54) is 31.2 Å². The van der Waals surface area contributed by atoms with Gasteiger partial charge in [-0.05, 0) is 48.4 Å². The second-order valence-corrected chi connectivity index (χ2v) is 5.05. The third kappa shape index (κ3) is 3.24. The van der Waals surface area contributed by atoms with Crippen LogP contribution in [0.25, 0.3) is 0 Å². The summed E-state index contributed by atoms with van der Waals surface area (Å²) in [5.41, 5.74) is 2.57. The van der Waals surface area contributed by atoms with Crippen molar-refractivity contribution >= 4 is 0 Å². The summed E-state index contributed by atoms with van der Waals surface area (Å²) in [5, 5.41) is 0. The zero-order chi connectivity index (χ0) is 12.1. The summed E-state index contributed by atoms with van der Waals surface area (Å²) in [5.74, 6) is 7.64. The lowest BCUT2D eigenvalue weighted by molar-refractivity contribution is 0.348. The maximum atomic E-state index is 3.60. The van der Waals surface area contributed by atoms with E-state index in [1.54, 1.807) is 6.08 Å². The number of benzene rings is 1. The van der Waals surface area contributed by atoms with E-state index >= 15 is 0 Å². The van der Waals surface area contributed by atoms with Gasteiger partial charge in [-0.1, -0.05) is 50.3 Å². The minimum absolute atomic E-state index is 0.771. The Bertz CT molecular complexity index is 419. The molecule has 0 heteroatoms. The van der Waals surface area contributed by atoms with Gasteiger partial charge in [0.15, 0.2) is 0 Å². The fourth-order valence-corrected chi connectivity index (χ4v) is 2.57. The van der Waals surface area contributed by atoms with E-state index in [1.807, 2.05) is 0 Å². The Morgan fingerprint density at radius 2 is 1.76 bits per heavy atom. The Kier molecular flexibility index (Phi) is 4.04. The normalized spacial score (nSPS) is 23.6. The van der Waals surface area contributed by atoms with Crippen LogP contribution < -0.4 is 0 Å². The van der Waals surface area contributed by atoms with Crippen molar-refractivity contribution in [1.82, 2.24) is 0 Å². The third-order valence-corrected chi connectivity index (χ3v) is 3.72. The molecule has 0 bridgehead atoms. The second-order valence-electron chi connectivity index (χ2n) is 5.05. The second kappa shape index (κ2) is 5.73. The van der Waals surface area contributed by atoms with Gasteiger partial charge in [0, 0.05) is 5.56 Å². The molecule has 1 aliphatic rings. The molecule has 2 rings (SSSR count). The Labute approximate surface area is 105 Å². The third-order valence-electron chi connectivity index (χ3n) is 3.72. The van der Waals surface area contributed by atoms with Crippen LogP contribution in [-0.4, -0.2) is 0 Å². The number of allylic oxidation sites excluding steroid dienone is 1. The molecule has 0 unspecified atom stereocenters. The molecule has 1 aromatic rings. The molecule has 0 radical (unpaired) electrons. The molecule has 0 aromatic heterocycles. The van der Waals surface area contributed by atoms with E-state index in [0.717, 1.165) is 17.4 Å². The molecular formula is C17H20. The molecule has 0 N–H and O–H groups in total. The molecule has 0 spiro atoms. The quantitative estimate of drug-likeness (QED) is 0.615. The molecule has 17 heavy (non-hydrogen) atoms. The molecule has 1 fully saturated rings. The summed E-state index contributed by atoms with van der Waals surface area (Å²) in [4.78, 5) is 0. The largest absolute Gasteiger partial charge is 0.0906 e. The molecule has 88 valence electrons. The highest BCUT2D eigenvalue weighted by Gasteiger charge is 2.19. The molecule has 0 atom stereocenters. The molecule has 0 heterocycles. The number of rotatable bonds is 1. The summed E-state index contributed by atoms with van der Waals surface area (Å²) < 4.78 is 0. The van der Waals surface area contributed by atoms with Crippen molar-refractivity contribution in [1.29, 1.82) is 0 Å². The van der Waals surface area contributed by atoms with E-state index in [2.05, 4.69) is 49.6 Å². The molecule has 0 aliphatic heterocycles. The summed E-state index contributed by atoms with van der Waals surface area (Å²) in [6.07, 6.45) is 7.08. The smallest absolute Gasteiger partial charge is 0.0249 e. The molecule has 1 aromatic carbocycles. The van der Waals surface area contributed by atoms with Crippen molar-refractivity contribution in [3.63, 3.8) is 0 Å². The van der Waals surface area contributed by atoms with Crippen LogP contribution in [0, 0.1) is 17.8 Å². The van der Waals surface area contributed by atoms with Crippen LogP contribution in [0.1, 0.15) is 49.7 Å². The van der Waals surface area contributed by atoms with E-state index in [0.29, 0.717) is 0 Å². The van der Waals surface area contributed by atoms with E-state index in [4.69, 9.17) is 0 Å². The van der Waals surface area contributed by atoms with Gasteiger partial charge in [0.2, 0.25) is 0 Å². The molecule has 0 nitrogen and oxygen atoms in total. The predicted octanol–water partition coefficient (Wildman–Crippen LogP) is 4.52. The van der Waals surface area contributed by atoms with Crippen molar-refractivity contribution in [2.75, 3.05) is 0 Å². The van der Waals surface area contributed by atoms with E-state index < -0.39 is 0 Å². The first-order valence-electron chi connectivity index (χ1n) is 6.52. The van der Waals surface area contributed by atoms with Gasteiger partial charge in [0.05, 0.1) is 0 Å². The lowest BCUT2D eigenvalue weighted by atomic mass is 9.79. The Hall–Kier alpha value is -1.48. The summed E-state index contributed by atoms with van der Waals surface area (Å²) >= 11 is 0. The van der Waals surface area contributed by atoms with Crippen LogP contribution in [0.2, 0.25) is 0 Å². The first kappa shape index (κ1) is 12.0. The van der Waals surface area contributed by atoms with Gasteiger partial charge in [-0.25, -0.2) is 0 Å². The highest BCUT2D eigenvalue weighted by atomic mass is 14.2. The Morgan fingerprint density at radius 3 is 2.35 bits per heavy atom. The van der Waals surface area contributed by atoms with E-state index in [9.17, 15) is 0 Å². The van der Waals surface area contributed by atoms with Gasteiger partial charge in [-0.15, -0.1) is 0 Å². The highest BCUT2D eigenvalue weighted by Crippen LogP contribution is 2.35. The van der Waals surface area contributed by atoms with Crippen LogP contribution in [0.5, 0.6) is 0 Å². The minimum Gasteiger partial charge on any atom is -0.0906 e. The molecule has 0 amide bonds. The number of hydrogen-bond acceptors (Lipinski definition) is 0. The highest BCUT2D eigenvalue weighted by molar-refractivity contribution is 5.38. The lowest BCUT2D eigenvalue weighted by Gasteiger charge is -2.26. The zero-order valence-corrected chi connectivity index (χ0v) is 10.6. The van der Waals surface area contributed by atoms with Crippen molar-refractivity contribution in [3.8, 4) is 11.8 Å². The van der Waals surface area contributed by atoms with Gasteiger partial charge in [-0.2, -0.15) is 0 Å².